The van der Waals surface area contributed by atoms with Gasteiger partial charge in [0.2, 0.25) is 0 Å². The van der Waals surface area contributed by atoms with Gasteiger partial charge in [-0.05, 0) is 57.5 Å². The Kier molecular flexibility index (Phi) is 7.66. The molecule has 5 aromatic rings. The maximum atomic E-state index is 2.48. The van der Waals surface area contributed by atoms with E-state index in [-0.39, 0.29) is 0 Å². The molecule has 0 nitrogen and oxygen atoms in total. The van der Waals surface area contributed by atoms with Crippen molar-refractivity contribution in [3.05, 3.63) is 179 Å². The van der Waals surface area contributed by atoms with Crippen LogP contribution in [0.3, 0.4) is 0 Å². The summed E-state index contributed by atoms with van der Waals surface area (Å²) in [5.74, 6) is 2.14. The largest absolute Gasteiger partial charge is 0.113 e. The zero-order valence-electron chi connectivity index (χ0n) is 22.7. The lowest BCUT2D eigenvalue weighted by Gasteiger charge is -2.31. The Morgan fingerprint density at radius 3 is 1.00 bits per heavy atom. The topological polar surface area (TPSA) is 0 Å². The first-order valence-electron chi connectivity index (χ1n) is 14.6. The Morgan fingerprint density at radius 1 is 0.350 bits per heavy atom. The van der Waals surface area contributed by atoms with Gasteiger partial charge < -0.3 is 0 Å². The van der Waals surface area contributed by atoms with Crippen LogP contribution >= 0.6 is 17.2 Å². The van der Waals surface area contributed by atoms with Crippen molar-refractivity contribution in [3.63, 3.8) is 0 Å². The van der Waals surface area contributed by atoms with Gasteiger partial charge in [0.05, 0.1) is 0 Å². The van der Waals surface area contributed by atoms with Gasteiger partial charge in [0, 0.05) is 23.2 Å². The zero-order valence-corrected chi connectivity index (χ0v) is 24.7. The summed E-state index contributed by atoms with van der Waals surface area (Å²) in [6.07, 6.45) is 2.54. The van der Waals surface area contributed by atoms with Crippen molar-refractivity contribution in [2.24, 2.45) is 0 Å². The summed E-state index contributed by atoms with van der Waals surface area (Å²) in [7, 11) is 1.86. The lowest BCUT2D eigenvalue weighted by molar-refractivity contribution is 0.579. The van der Waals surface area contributed by atoms with Crippen molar-refractivity contribution in [2.45, 2.75) is 35.0 Å². The van der Waals surface area contributed by atoms with Crippen LogP contribution in [0.4, 0.5) is 0 Å². The highest BCUT2D eigenvalue weighted by Gasteiger charge is 2.43. The molecule has 8 atom stereocenters. The minimum absolute atomic E-state index is 0.507. The van der Waals surface area contributed by atoms with Gasteiger partial charge in [-0.15, -0.1) is 17.2 Å². The SMILES string of the molecule is c1ccc([C@H]2CPC(c3ccccc3C3PC[C@H](c4ccccc4)[C@H]3c3ccccc3)[C@@H]2c2ccccc2)cc1. The predicted octanol–water partition coefficient (Wildman–Crippen LogP) is 10.3. The zero-order chi connectivity index (χ0) is 26.7. The molecule has 2 aliphatic rings. The fourth-order valence-electron chi connectivity index (χ4n) is 7.42. The van der Waals surface area contributed by atoms with Crippen molar-refractivity contribution in [1.82, 2.24) is 0 Å². The van der Waals surface area contributed by atoms with Crippen LogP contribution in [0.1, 0.15) is 68.4 Å². The molecule has 0 aliphatic carbocycles. The smallest absolute Gasteiger partial charge is 0.00917 e. The molecule has 4 unspecified atom stereocenters. The maximum Gasteiger partial charge on any atom is 0.00917 e. The molecule has 0 N–H and O–H groups in total. The molecule has 2 saturated heterocycles. The average Bonchev–Trinajstić information content (AvgIpc) is 3.68. The number of benzene rings is 5. The fourth-order valence-corrected chi connectivity index (χ4v) is 11.7. The van der Waals surface area contributed by atoms with Gasteiger partial charge in [0.1, 0.15) is 0 Å². The Hall–Kier alpha value is -3.04. The molecule has 7 rings (SSSR count). The summed E-state index contributed by atoms with van der Waals surface area (Å²) in [5, 5.41) is 0. The van der Waals surface area contributed by atoms with Crippen LogP contribution in [0.25, 0.3) is 0 Å². The second kappa shape index (κ2) is 11.8. The van der Waals surface area contributed by atoms with E-state index in [9.17, 15) is 0 Å². The predicted molar refractivity (Wildman–Crippen MR) is 175 cm³/mol. The van der Waals surface area contributed by atoms with E-state index in [1.165, 1.54) is 34.6 Å². The summed E-state index contributed by atoms with van der Waals surface area (Å²) < 4.78 is 0. The van der Waals surface area contributed by atoms with Gasteiger partial charge in [0.25, 0.3) is 0 Å². The summed E-state index contributed by atoms with van der Waals surface area (Å²) >= 11 is 0. The van der Waals surface area contributed by atoms with E-state index in [1.807, 2.05) is 0 Å². The lowest BCUT2D eigenvalue weighted by Crippen LogP contribution is -2.15. The second-order valence-electron chi connectivity index (χ2n) is 11.3. The highest BCUT2D eigenvalue weighted by atomic mass is 31.1. The third-order valence-corrected chi connectivity index (χ3v) is 12.8. The molecule has 0 aromatic heterocycles. The van der Waals surface area contributed by atoms with Crippen LogP contribution in [-0.4, -0.2) is 12.3 Å². The first-order chi connectivity index (χ1) is 19.9. The van der Waals surface area contributed by atoms with Gasteiger partial charge in [-0.2, -0.15) is 0 Å². The molecule has 40 heavy (non-hydrogen) atoms. The Morgan fingerprint density at radius 2 is 0.650 bits per heavy atom. The van der Waals surface area contributed by atoms with E-state index in [2.05, 4.69) is 146 Å². The third kappa shape index (κ3) is 4.98. The van der Waals surface area contributed by atoms with E-state index >= 15 is 0 Å². The summed E-state index contributed by atoms with van der Waals surface area (Å²) in [6, 6.07) is 54.9. The highest BCUT2D eigenvalue weighted by Crippen LogP contribution is 2.65. The molecular weight excluding hydrogens is 518 g/mol. The van der Waals surface area contributed by atoms with Crippen LogP contribution in [0.2, 0.25) is 0 Å². The molecule has 198 valence electrons. The molecule has 0 radical (unpaired) electrons. The third-order valence-electron chi connectivity index (χ3n) is 9.19. The van der Waals surface area contributed by atoms with Crippen molar-refractivity contribution in [2.75, 3.05) is 12.3 Å². The molecule has 2 heterocycles. The molecule has 2 fully saturated rings. The minimum atomic E-state index is 0.507. The second-order valence-corrected chi connectivity index (χ2v) is 14.2. The molecule has 5 aromatic carbocycles. The monoisotopic (exact) mass is 554 g/mol. The molecule has 0 bridgehead atoms. The Balaban J connectivity index is 1.32. The van der Waals surface area contributed by atoms with E-state index in [1.54, 1.807) is 11.1 Å². The summed E-state index contributed by atoms with van der Waals surface area (Å²) in [4.78, 5) is 0. The molecular formula is C38H36P2. The summed E-state index contributed by atoms with van der Waals surface area (Å²) in [5.41, 5.74) is 10.3. The molecule has 2 aliphatic heterocycles. The molecule has 2 heteroatoms. The fraction of sp³-hybridized carbons (Fsp3) is 0.211. The molecule has 0 amide bonds. The van der Waals surface area contributed by atoms with Crippen molar-refractivity contribution >= 4 is 17.2 Å². The van der Waals surface area contributed by atoms with Gasteiger partial charge in [-0.3, -0.25) is 0 Å². The maximum absolute atomic E-state index is 2.48. The van der Waals surface area contributed by atoms with E-state index in [0.717, 1.165) is 17.2 Å². The van der Waals surface area contributed by atoms with Crippen molar-refractivity contribution < 1.29 is 0 Å². The lowest BCUT2D eigenvalue weighted by atomic mass is 9.75. The number of hydrogen-bond donors (Lipinski definition) is 0. The summed E-state index contributed by atoms with van der Waals surface area (Å²) in [6.45, 7) is 0. The Bertz CT molecular complexity index is 1400. The van der Waals surface area contributed by atoms with Gasteiger partial charge in [-0.25, -0.2) is 0 Å². The number of rotatable bonds is 6. The van der Waals surface area contributed by atoms with Gasteiger partial charge in [0.15, 0.2) is 0 Å². The Labute approximate surface area is 242 Å². The van der Waals surface area contributed by atoms with E-state index in [4.69, 9.17) is 0 Å². The molecule has 0 spiro atoms. The first kappa shape index (κ1) is 25.9. The van der Waals surface area contributed by atoms with Crippen LogP contribution in [0.15, 0.2) is 146 Å². The van der Waals surface area contributed by atoms with Crippen molar-refractivity contribution in [1.29, 1.82) is 0 Å². The van der Waals surface area contributed by atoms with Crippen LogP contribution in [0, 0.1) is 0 Å². The average molecular weight is 555 g/mol. The quantitative estimate of drug-likeness (QED) is 0.183. The van der Waals surface area contributed by atoms with Gasteiger partial charge in [-0.1, -0.05) is 146 Å². The van der Waals surface area contributed by atoms with Crippen LogP contribution in [0.5, 0.6) is 0 Å². The van der Waals surface area contributed by atoms with Gasteiger partial charge >= 0.3 is 0 Å². The minimum Gasteiger partial charge on any atom is -0.113 e. The van der Waals surface area contributed by atoms with Crippen LogP contribution < -0.4 is 0 Å². The normalized spacial score (nSPS) is 27.3. The standard InChI is InChI=1S/C38H36P2/c1-5-15-27(16-6-1)33-25-39-37(35(33)29-19-9-3-10-20-29)31-23-13-14-24-32(31)38-36(30-21-11-4-12-22-30)34(26-40-38)28-17-7-2-8-18-28/h1-24,33-40H,25-26H2/t33-,34-,35-,36-,37?,38?/m1/s1. The highest BCUT2D eigenvalue weighted by molar-refractivity contribution is 7.39. The van der Waals surface area contributed by atoms with Crippen molar-refractivity contribution in [3.8, 4) is 0 Å². The van der Waals surface area contributed by atoms with E-state index in [0.29, 0.717) is 35.0 Å². The molecule has 0 saturated carbocycles. The first-order valence-corrected chi connectivity index (χ1v) is 17.2. The van der Waals surface area contributed by atoms with Crippen LogP contribution in [-0.2, 0) is 0 Å². The number of hydrogen-bond acceptors (Lipinski definition) is 0. The van der Waals surface area contributed by atoms with E-state index < -0.39 is 0 Å².